The smallest absolute Gasteiger partial charge is 0.0446 e. The number of nitrogens with zero attached hydrogens (tertiary/aromatic N) is 1. The summed E-state index contributed by atoms with van der Waals surface area (Å²) in [6, 6.07) is 4.08. The summed E-state index contributed by atoms with van der Waals surface area (Å²) in [7, 11) is 0. The van der Waals surface area contributed by atoms with Gasteiger partial charge in [0.05, 0.1) is 0 Å². The van der Waals surface area contributed by atoms with E-state index < -0.39 is 0 Å². The molecule has 0 N–H and O–H groups in total. The van der Waals surface area contributed by atoms with Crippen molar-refractivity contribution in [2.75, 3.05) is 0 Å². The van der Waals surface area contributed by atoms with Crippen LogP contribution in [0.2, 0.25) is 0 Å². The van der Waals surface area contributed by atoms with Crippen LogP contribution in [0.5, 0.6) is 0 Å². The predicted molar refractivity (Wildman–Crippen MR) is 56.2 cm³/mol. The van der Waals surface area contributed by atoms with E-state index in [1.165, 1.54) is 11.3 Å². The van der Waals surface area contributed by atoms with E-state index in [0.717, 1.165) is 6.42 Å². The molecule has 0 amide bonds. The summed E-state index contributed by atoms with van der Waals surface area (Å²) in [5, 5.41) is 0. The van der Waals surface area contributed by atoms with E-state index in [1.54, 1.807) is 0 Å². The third-order valence-corrected chi connectivity index (χ3v) is 2.17. The highest BCUT2D eigenvalue weighted by molar-refractivity contribution is 5.60. The first-order valence-electron chi connectivity index (χ1n) is 4.53. The van der Waals surface area contributed by atoms with Gasteiger partial charge in [-0.1, -0.05) is 17.7 Å². The largest absolute Gasteiger partial charge is 0.324 e. The molecule has 0 aromatic carbocycles. The van der Waals surface area contributed by atoms with Crippen LogP contribution in [0.1, 0.15) is 13.3 Å². The maximum absolute atomic E-state index is 2.20. The third-order valence-electron chi connectivity index (χ3n) is 2.17. The fourth-order valence-corrected chi connectivity index (χ4v) is 1.40. The van der Waals surface area contributed by atoms with Crippen molar-refractivity contribution in [1.82, 2.24) is 4.57 Å². The van der Waals surface area contributed by atoms with Gasteiger partial charge in [0.1, 0.15) is 0 Å². The first kappa shape index (κ1) is 8.11. The molecule has 0 saturated heterocycles. The van der Waals surface area contributed by atoms with Crippen molar-refractivity contribution in [3.05, 3.63) is 54.4 Å². The molecule has 0 fully saturated rings. The van der Waals surface area contributed by atoms with E-state index in [1.807, 2.05) is 12.1 Å². The molecule has 1 aliphatic rings. The summed E-state index contributed by atoms with van der Waals surface area (Å²) in [6.45, 7) is 2.15. The zero-order chi connectivity index (χ0) is 9.10. The molecule has 1 heteroatoms. The van der Waals surface area contributed by atoms with E-state index in [0.29, 0.717) is 0 Å². The number of hydrogen-bond acceptors (Lipinski definition) is 0. The topological polar surface area (TPSA) is 4.93 Å². The van der Waals surface area contributed by atoms with E-state index in [2.05, 4.69) is 48.2 Å². The fraction of sp³-hybridized carbons (Fsp3) is 0.167. The van der Waals surface area contributed by atoms with Gasteiger partial charge < -0.3 is 4.57 Å². The molecule has 1 aromatic rings. The molecule has 13 heavy (non-hydrogen) atoms. The molecular weight excluding hydrogens is 158 g/mol. The highest BCUT2D eigenvalue weighted by Gasteiger charge is 1.96. The Bertz CT molecular complexity index is 364. The lowest BCUT2D eigenvalue weighted by Gasteiger charge is -2.00. The standard InChI is InChI=1S/C12H13N/c1-11-5-4-6-12(8-7-11)13-9-2-3-10-13/h2-4,6-10H,5H2,1H3. The highest BCUT2D eigenvalue weighted by Crippen LogP contribution is 2.14. The van der Waals surface area contributed by atoms with Gasteiger partial charge in [0.25, 0.3) is 0 Å². The van der Waals surface area contributed by atoms with Gasteiger partial charge in [0.2, 0.25) is 0 Å². The molecule has 0 unspecified atom stereocenters. The molecule has 66 valence electrons. The molecule has 2 rings (SSSR count). The molecule has 0 saturated carbocycles. The summed E-state index contributed by atoms with van der Waals surface area (Å²) in [5.41, 5.74) is 2.63. The van der Waals surface area contributed by atoms with Crippen LogP contribution in [-0.4, -0.2) is 4.57 Å². The van der Waals surface area contributed by atoms with Gasteiger partial charge in [0.15, 0.2) is 0 Å². The Morgan fingerprint density at radius 2 is 1.92 bits per heavy atom. The van der Waals surface area contributed by atoms with Crippen LogP contribution in [0.25, 0.3) is 5.70 Å². The van der Waals surface area contributed by atoms with E-state index in [9.17, 15) is 0 Å². The molecule has 1 heterocycles. The Morgan fingerprint density at radius 3 is 2.69 bits per heavy atom. The Labute approximate surface area is 78.7 Å². The lowest BCUT2D eigenvalue weighted by molar-refractivity contribution is 1.13. The summed E-state index contributed by atoms with van der Waals surface area (Å²) < 4.78 is 2.12. The van der Waals surface area contributed by atoms with Crippen LogP contribution < -0.4 is 0 Å². The molecule has 0 spiro atoms. The van der Waals surface area contributed by atoms with Crippen LogP contribution in [0.3, 0.4) is 0 Å². The maximum atomic E-state index is 2.20. The highest BCUT2D eigenvalue weighted by atomic mass is 14.9. The first-order valence-corrected chi connectivity index (χ1v) is 4.53. The van der Waals surface area contributed by atoms with Crippen molar-refractivity contribution in [2.24, 2.45) is 0 Å². The molecule has 1 nitrogen and oxygen atoms in total. The molecule has 0 atom stereocenters. The first-order chi connectivity index (χ1) is 6.36. The van der Waals surface area contributed by atoms with Gasteiger partial charge in [-0.3, -0.25) is 0 Å². The van der Waals surface area contributed by atoms with Crippen LogP contribution >= 0.6 is 0 Å². The molecule has 1 aromatic heterocycles. The zero-order valence-corrected chi connectivity index (χ0v) is 7.77. The van der Waals surface area contributed by atoms with Crippen molar-refractivity contribution >= 4 is 5.70 Å². The molecule has 0 radical (unpaired) electrons. The predicted octanol–water partition coefficient (Wildman–Crippen LogP) is 3.24. The van der Waals surface area contributed by atoms with Gasteiger partial charge in [-0.15, -0.1) is 0 Å². The van der Waals surface area contributed by atoms with Crippen molar-refractivity contribution in [2.45, 2.75) is 13.3 Å². The Balaban J connectivity index is 2.34. The second-order valence-electron chi connectivity index (χ2n) is 3.30. The molecular formula is C12H13N. The van der Waals surface area contributed by atoms with Crippen molar-refractivity contribution in [3.63, 3.8) is 0 Å². The fourth-order valence-electron chi connectivity index (χ4n) is 1.40. The van der Waals surface area contributed by atoms with Gasteiger partial charge in [0, 0.05) is 18.1 Å². The molecule has 1 aliphatic carbocycles. The second kappa shape index (κ2) is 3.48. The lowest BCUT2D eigenvalue weighted by atomic mass is 10.2. The van der Waals surface area contributed by atoms with Gasteiger partial charge in [-0.2, -0.15) is 0 Å². The summed E-state index contributed by atoms with van der Waals surface area (Å²) in [6.07, 6.45) is 13.9. The lowest BCUT2D eigenvalue weighted by Crippen LogP contribution is -1.88. The number of hydrogen-bond donors (Lipinski definition) is 0. The normalized spacial score (nSPS) is 16.4. The monoisotopic (exact) mass is 171 g/mol. The molecule has 0 aliphatic heterocycles. The number of allylic oxidation sites excluding steroid dienone is 6. The van der Waals surface area contributed by atoms with Crippen LogP contribution in [-0.2, 0) is 0 Å². The summed E-state index contributed by atoms with van der Waals surface area (Å²) >= 11 is 0. The summed E-state index contributed by atoms with van der Waals surface area (Å²) in [4.78, 5) is 0. The number of aromatic nitrogens is 1. The quantitative estimate of drug-likeness (QED) is 0.611. The van der Waals surface area contributed by atoms with E-state index >= 15 is 0 Å². The van der Waals surface area contributed by atoms with E-state index in [4.69, 9.17) is 0 Å². The number of rotatable bonds is 1. The van der Waals surface area contributed by atoms with Crippen molar-refractivity contribution in [3.8, 4) is 0 Å². The Kier molecular flexibility index (Phi) is 2.17. The molecule has 0 bridgehead atoms. The minimum absolute atomic E-state index is 1.06. The van der Waals surface area contributed by atoms with Gasteiger partial charge in [-0.05, 0) is 37.6 Å². The minimum atomic E-state index is 1.06. The Morgan fingerprint density at radius 1 is 1.15 bits per heavy atom. The van der Waals surface area contributed by atoms with Crippen molar-refractivity contribution < 1.29 is 0 Å². The second-order valence-corrected chi connectivity index (χ2v) is 3.30. The van der Waals surface area contributed by atoms with Crippen LogP contribution in [0, 0.1) is 0 Å². The third kappa shape index (κ3) is 1.81. The average Bonchev–Trinajstić information content (AvgIpc) is 2.56. The summed E-state index contributed by atoms with van der Waals surface area (Å²) in [5.74, 6) is 0. The van der Waals surface area contributed by atoms with Gasteiger partial charge in [-0.25, -0.2) is 0 Å². The minimum Gasteiger partial charge on any atom is -0.324 e. The average molecular weight is 171 g/mol. The maximum Gasteiger partial charge on any atom is 0.0446 e. The van der Waals surface area contributed by atoms with Crippen LogP contribution in [0.15, 0.2) is 54.4 Å². The van der Waals surface area contributed by atoms with E-state index in [-0.39, 0.29) is 0 Å². The zero-order valence-electron chi connectivity index (χ0n) is 7.77. The van der Waals surface area contributed by atoms with Gasteiger partial charge >= 0.3 is 0 Å². The Hall–Kier alpha value is -1.50. The SMILES string of the molecule is CC1=CC=C(n2cccc2)C=CC1. The van der Waals surface area contributed by atoms with Crippen molar-refractivity contribution in [1.29, 1.82) is 0 Å². The van der Waals surface area contributed by atoms with Crippen LogP contribution in [0.4, 0.5) is 0 Å².